The van der Waals surface area contributed by atoms with Crippen molar-refractivity contribution in [1.82, 2.24) is 15.5 Å². The highest BCUT2D eigenvalue weighted by Crippen LogP contribution is 2.20. The Bertz CT molecular complexity index is 709. The highest BCUT2D eigenvalue weighted by Gasteiger charge is 2.21. The molecule has 2 aromatic rings. The summed E-state index contributed by atoms with van der Waals surface area (Å²) in [5.74, 6) is 0.121. The van der Waals surface area contributed by atoms with Crippen LogP contribution in [0.5, 0.6) is 0 Å². The molecule has 134 valence electrons. The summed E-state index contributed by atoms with van der Waals surface area (Å²) < 4.78 is 10.5. The van der Waals surface area contributed by atoms with Gasteiger partial charge in [-0.05, 0) is 31.7 Å². The van der Waals surface area contributed by atoms with E-state index in [2.05, 4.69) is 15.5 Å². The van der Waals surface area contributed by atoms with Crippen molar-refractivity contribution in [3.05, 3.63) is 34.9 Å². The molecule has 2 aromatic heterocycles. The first-order valence-corrected chi connectivity index (χ1v) is 9.00. The third-order valence-electron chi connectivity index (χ3n) is 3.31. The lowest BCUT2D eigenvalue weighted by Crippen LogP contribution is -2.41. The largest absolute Gasteiger partial charge is 0.464 e. The second kappa shape index (κ2) is 9.73. The van der Waals surface area contributed by atoms with Crippen molar-refractivity contribution in [2.45, 2.75) is 39.2 Å². The Morgan fingerprint density at radius 2 is 2.28 bits per heavy atom. The molecule has 0 fully saturated rings. The maximum absolute atomic E-state index is 12.1. The molecular formula is C17H21N3O4S. The van der Waals surface area contributed by atoms with Gasteiger partial charge in [0, 0.05) is 23.8 Å². The van der Waals surface area contributed by atoms with E-state index >= 15 is 0 Å². The van der Waals surface area contributed by atoms with Gasteiger partial charge >= 0.3 is 5.97 Å². The van der Waals surface area contributed by atoms with Gasteiger partial charge in [-0.25, -0.2) is 4.79 Å². The summed E-state index contributed by atoms with van der Waals surface area (Å²) in [7, 11) is 0. The highest BCUT2D eigenvalue weighted by molar-refractivity contribution is 7.08. The van der Waals surface area contributed by atoms with Crippen LogP contribution in [0.15, 0.2) is 33.4 Å². The van der Waals surface area contributed by atoms with Crippen molar-refractivity contribution in [1.29, 1.82) is 0 Å². The van der Waals surface area contributed by atoms with Crippen LogP contribution in [0.3, 0.4) is 0 Å². The van der Waals surface area contributed by atoms with E-state index in [1.165, 1.54) is 0 Å². The SMILES string of the molecule is CC=CCC(NC(=O)CCc1nnc(-c2ccsc2)o1)C(=O)OCC. The first-order valence-electron chi connectivity index (χ1n) is 8.06. The Hall–Kier alpha value is -2.48. The molecule has 0 radical (unpaired) electrons. The number of allylic oxidation sites excluding steroid dienone is 1. The van der Waals surface area contributed by atoms with Gasteiger partial charge in [-0.15, -0.1) is 10.2 Å². The summed E-state index contributed by atoms with van der Waals surface area (Å²) in [6.07, 6.45) is 4.48. The first-order chi connectivity index (χ1) is 12.1. The normalized spacial score (nSPS) is 12.2. The zero-order valence-electron chi connectivity index (χ0n) is 14.2. The number of esters is 1. The van der Waals surface area contributed by atoms with Gasteiger partial charge in [0.2, 0.25) is 17.7 Å². The minimum Gasteiger partial charge on any atom is -0.464 e. The topological polar surface area (TPSA) is 94.3 Å². The third kappa shape index (κ3) is 5.82. The van der Waals surface area contributed by atoms with E-state index in [-0.39, 0.29) is 18.9 Å². The van der Waals surface area contributed by atoms with Gasteiger partial charge in [0.15, 0.2) is 0 Å². The molecule has 7 nitrogen and oxygen atoms in total. The summed E-state index contributed by atoms with van der Waals surface area (Å²) >= 11 is 1.54. The van der Waals surface area contributed by atoms with Gasteiger partial charge in [-0.3, -0.25) is 4.79 Å². The number of carbonyl (C=O) groups excluding carboxylic acids is 2. The fourth-order valence-corrected chi connectivity index (χ4v) is 2.70. The lowest BCUT2D eigenvalue weighted by atomic mass is 10.2. The molecule has 25 heavy (non-hydrogen) atoms. The van der Waals surface area contributed by atoms with Crippen LogP contribution >= 0.6 is 11.3 Å². The second-order valence-electron chi connectivity index (χ2n) is 5.19. The van der Waals surface area contributed by atoms with Crippen molar-refractivity contribution in [2.75, 3.05) is 6.61 Å². The van der Waals surface area contributed by atoms with Crippen LogP contribution in [0.4, 0.5) is 0 Å². The van der Waals surface area contributed by atoms with Crippen LogP contribution < -0.4 is 5.32 Å². The van der Waals surface area contributed by atoms with Crippen molar-refractivity contribution in [3.63, 3.8) is 0 Å². The van der Waals surface area contributed by atoms with Crippen LogP contribution in [-0.2, 0) is 20.7 Å². The molecule has 1 unspecified atom stereocenters. The summed E-state index contributed by atoms with van der Waals surface area (Å²) in [5, 5.41) is 14.4. The fourth-order valence-electron chi connectivity index (χ4n) is 2.07. The van der Waals surface area contributed by atoms with Crippen molar-refractivity contribution >= 4 is 23.2 Å². The first kappa shape index (κ1) is 18.9. The number of nitrogens with zero attached hydrogens (tertiary/aromatic N) is 2. The average molecular weight is 363 g/mol. The average Bonchev–Trinajstić information content (AvgIpc) is 3.27. The molecule has 0 saturated heterocycles. The second-order valence-corrected chi connectivity index (χ2v) is 5.97. The fraction of sp³-hybridized carbons (Fsp3) is 0.412. The van der Waals surface area contributed by atoms with E-state index in [9.17, 15) is 9.59 Å². The molecule has 0 aromatic carbocycles. The van der Waals surface area contributed by atoms with E-state index < -0.39 is 12.0 Å². The predicted molar refractivity (Wildman–Crippen MR) is 93.9 cm³/mol. The Kier molecular flexibility index (Phi) is 7.34. The van der Waals surface area contributed by atoms with Gasteiger partial charge in [0.05, 0.1) is 6.61 Å². The summed E-state index contributed by atoms with van der Waals surface area (Å²) in [4.78, 5) is 24.0. The Labute approximate surface area is 150 Å². The molecule has 1 amide bonds. The monoisotopic (exact) mass is 363 g/mol. The summed E-state index contributed by atoms with van der Waals surface area (Å²) in [6, 6.07) is 1.20. The number of carbonyl (C=O) groups is 2. The number of thiophene rings is 1. The Morgan fingerprint density at radius 3 is 2.96 bits per heavy atom. The molecule has 0 bridgehead atoms. The summed E-state index contributed by atoms with van der Waals surface area (Å²) in [6.45, 7) is 3.85. The van der Waals surface area contributed by atoms with Crippen molar-refractivity contribution in [3.8, 4) is 11.5 Å². The number of aromatic nitrogens is 2. The van der Waals surface area contributed by atoms with Crippen LogP contribution in [0.2, 0.25) is 0 Å². The van der Waals surface area contributed by atoms with E-state index in [1.807, 2.05) is 35.9 Å². The standard InChI is InChI=1S/C17H21N3O4S/c1-3-5-6-13(17(22)23-4-2)18-14(21)7-8-15-19-20-16(24-15)12-9-10-25-11-12/h3,5,9-11,13H,4,6-8H2,1-2H3,(H,18,21). The summed E-state index contributed by atoms with van der Waals surface area (Å²) in [5.41, 5.74) is 0.863. The molecule has 0 aliphatic carbocycles. The van der Waals surface area contributed by atoms with Gasteiger partial charge in [0.1, 0.15) is 6.04 Å². The molecule has 0 aliphatic heterocycles. The smallest absolute Gasteiger partial charge is 0.328 e. The van der Waals surface area contributed by atoms with Gasteiger partial charge in [0.25, 0.3) is 0 Å². The maximum Gasteiger partial charge on any atom is 0.328 e. The molecule has 2 heterocycles. The quantitative estimate of drug-likeness (QED) is 0.544. The molecular weight excluding hydrogens is 342 g/mol. The van der Waals surface area contributed by atoms with Crippen LogP contribution in [0.1, 0.15) is 32.6 Å². The predicted octanol–water partition coefficient (Wildman–Crippen LogP) is 2.74. The number of hydrogen-bond acceptors (Lipinski definition) is 7. The van der Waals surface area contributed by atoms with Crippen LogP contribution in [0, 0.1) is 0 Å². The lowest BCUT2D eigenvalue weighted by molar-refractivity contribution is -0.147. The number of amides is 1. The number of ether oxygens (including phenoxy) is 1. The van der Waals surface area contributed by atoms with Gasteiger partial charge < -0.3 is 14.5 Å². The minimum atomic E-state index is -0.687. The Morgan fingerprint density at radius 1 is 1.44 bits per heavy atom. The van der Waals surface area contributed by atoms with Crippen molar-refractivity contribution < 1.29 is 18.7 Å². The Balaban J connectivity index is 1.86. The number of aryl methyl sites for hydroxylation is 1. The molecule has 8 heteroatoms. The van der Waals surface area contributed by atoms with E-state index in [1.54, 1.807) is 18.3 Å². The van der Waals surface area contributed by atoms with Crippen molar-refractivity contribution in [2.24, 2.45) is 0 Å². The van der Waals surface area contributed by atoms with Gasteiger partial charge in [-0.2, -0.15) is 11.3 Å². The number of hydrogen-bond donors (Lipinski definition) is 1. The van der Waals surface area contributed by atoms with Crippen LogP contribution in [-0.4, -0.2) is 34.7 Å². The van der Waals surface area contributed by atoms with Crippen LogP contribution in [0.25, 0.3) is 11.5 Å². The van der Waals surface area contributed by atoms with E-state index in [4.69, 9.17) is 9.15 Å². The lowest BCUT2D eigenvalue weighted by Gasteiger charge is -2.15. The third-order valence-corrected chi connectivity index (χ3v) is 4.00. The van der Waals surface area contributed by atoms with E-state index in [0.717, 1.165) is 5.56 Å². The molecule has 0 saturated carbocycles. The molecule has 0 spiro atoms. The molecule has 1 atom stereocenters. The highest BCUT2D eigenvalue weighted by atomic mass is 32.1. The van der Waals surface area contributed by atoms with E-state index in [0.29, 0.717) is 24.6 Å². The molecule has 1 N–H and O–H groups in total. The molecule has 0 aliphatic rings. The molecule has 2 rings (SSSR count). The number of nitrogens with one attached hydrogen (secondary N) is 1. The maximum atomic E-state index is 12.1. The number of rotatable bonds is 9. The zero-order valence-corrected chi connectivity index (χ0v) is 15.0. The zero-order chi connectivity index (χ0) is 18.1. The van der Waals surface area contributed by atoms with Gasteiger partial charge in [-0.1, -0.05) is 12.2 Å². The minimum absolute atomic E-state index is 0.150.